The number of rotatable bonds is 2. The molecule has 0 aromatic carbocycles. The van der Waals surface area contributed by atoms with Crippen LogP contribution in [0.4, 0.5) is 0 Å². The Morgan fingerprint density at radius 2 is 2.14 bits per heavy atom. The zero-order valence-electron chi connectivity index (χ0n) is 7.59. The van der Waals surface area contributed by atoms with Gasteiger partial charge >= 0.3 is 5.97 Å². The molecule has 1 rings (SSSR count). The van der Waals surface area contributed by atoms with Crippen LogP contribution in [0.15, 0.2) is 15.5 Å². The summed E-state index contributed by atoms with van der Waals surface area (Å²) in [6.07, 6.45) is 1.40. The van der Waals surface area contributed by atoms with Gasteiger partial charge in [-0.2, -0.15) is 0 Å². The molecule has 0 radical (unpaired) electrons. The molecule has 14 heavy (non-hydrogen) atoms. The maximum absolute atomic E-state index is 11.5. The molecule has 0 aliphatic rings. The number of carbonyl (C=O) groups excluding carboxylic acids is 1. The predicted molar refractivity (Wildman–Crippen MR) is 52.7 cm³/mol. The van der Waals surface area contributed by atoms with E-state index in [0.29, 0.717) is 0 Å². The number of pyridine rings is 1. The number of H-pyrrole nitrogens is 1. The minimum Gasteiger partial charge on any atom is -0.482 e. The van der Waals surface area contributed by atoms with Crippen molar-refractivity contribution in [1.29, 1.82) is 0 Å². The predicted octanol–water partition coefficient (Wildman–Crippen LogP) is 0.933. The Morgan fingerprint density at radius 1 is 1.50 bits per heavy atom. The number of methoxy groups -OCH3 is 2. The third-order valence-corrected chi connectivity index (χ3v) is 2.18. The lowest BCUT2D eigenvalue weighted by molar-refractivity contribution is 0.0594. The first-order valence-corrected chi connectivity index (χ1v) is 4.44. The molecule has 5 nitrogen and oxygen atoms in total. The van der Waals surface area contributed by atoms with Crippen LogP contribution in [0.5, 0.6) is 5.88 Å². The summed E-state index contributed by atoms with van der Waals surface area (Å²) in [4.78, 5) is 25.4. The highest BCUT2D eigenvalue weighted by atomic mass is 79.9. The van der Waals surface area contributed by atoms with Gasteiger partial charge in [0.15, 0.2) is 5.56 Å². The Morgan fingerprint density at radius 3 is 2.64 bits per heavy atom. The number of nitrogens with one attached hydrogen (secondary N) is 1. The minimum absolute atomic E-state index is 0.0880. The van der Waals surface area contributed by atoms with Crippen molar-refractivity contribution in [3.63, 3.8) is 0 Å². The largest absolute Gasteiger partial charge is 0.482 e. The third kappa shape index (κ3) is 1.79. The summed E-state index contributed by atoms with van der Waals surface area (Å²) in [7, 11) is 2.55. The molecular formula is C8H8BrNO4. The summed E-state index contributed by atoms with van der Waals surface area (Å²) in [6.45, 7) is 0. The van der Waals surface area contributed by atoms with Crippen LogP contribution in [-0.4, -0.2) is 25.2 Å². The van der Waals surface area contributed by atoms with E-state index in [1.54, 1.807) is 0 Å². The Bertz CT molecular complexity index is 412. The molecule has 1 heterocycles. The second-order valence-corrected chi connectivity index (χ2v) is 3.22. The highest BCUT2D eigenvalue weighted by Gasteiger charge is 2.19. The van der Waals surface area contributed by atoms with E-state index in [4.69, 9.17) is 4.74 Å². The van der Waals surface area contributed by atoms with Gasteiger partial charge in [0.1, 0.15) is 0 Å². The molecule has 1 aromatic heterocycles. The van der Waals surface area contributed by atoms with Gasteiger partial charge < -0.3 is 14.5 Å². The number of aromatic amines is 1. The highest BCUT2D eigenvalue weighted by molar-refractivity contribution is 9.10. The molecule has 1 N–H and O–H groups in total. The van der Waals surface area contributed by atoms with Crippen LogP contribution in [-0.2, 0) is 4.74 Å². The lowest BCUT2D eigenvalue weighted by atomic mass is 10.2. The van der Waals surface area contributed by atoms with Gasteiger partial charge in [-0.15, -0.1) is 0 Å². The standard InChI is InChI=1S/C8H8BrNO4/c1-13-7-5(8(12)14-2)6(11)4(9)3-10-7/h3H,1-2H3,(H,10,11). The van der Waals surface area contributed by atoms with Crippen LogP contribution in [0.1, 0.15) is 10.4 Å². The van der Waals surface area contributed by atoms with Crippen molar-refractivity contribution >= 4 is 21.9 Å². The molecule has 0 atom stereocenters. The van der Waals surface area contributed by atoms with E-state index in [-0.39, 0.29) is 15.9 Å². The van der Waals surface area contributed by atoms with Crippen molar-refractivity contribution in [2.24, 2.45) is 0 Å². The third-order valence-electron chi connectivity index (χ3n) is 1.59. The Balaban J connectivity index is 3.43. The molecule has 0 fully saturated rings. The summed E-state index contributed by atoms with van der Waals surface area (Å²) < 4.78 is 9.53. The molecule has 0 aliphatic heterocycles. The van der Waals surface area contributed by atoms with E-state index in [2.05, 4.69) is 25.7 Å². The average Bonchev–Trinajstić information content (AvgIpc) is 2.20. The van der Waals surface area contributed by atoms with E-state index in [0.717, 1.165) is 0 Å². The van der Waals surface area contributed by atoms with Gasteiger partial charge in [0.25, 0.3) is 0 Å². The summed E-state index contributed by atoms with van der Waals surface area (Å²) in [5.74, 6) is -0.644. The fraction of sp³-hybridized carbons (Fsp3) is 0.250. The number of ether oxygens (including phenoxy) is 2. The number of esters is 1. The van der Waals surface area contributed by atoms with Crippen molar-refractivity contribution < 1.29 is 14.3 Å². The number of aromatic nitrogens is 1. The molecule has 0 saturated heterocycles. The zero-order chi connectivity index (χ0) is 10.7. The van der Waals surface area contributed by atoms with Gasteiger partial charge in [-0.05, 0) is 15.9 Å². The summed E-state index contributed by atoms with van der Waals surface area (Å²) in [5, 5.41) is 0. The van der Waals surface area contributed by atoms with Gasteiger partial charge in [0, 0.05) is 6.20 Å². The summed E-state index contributed by atoms with van der Waals surface area (Å²) in [6, 6.07) is 0. The van der Waals surface area contributed by atoms with Gasteiger partial charge in [-0.1, -0.05) is 0 Å². The SMILES string of the molecule is COC(=O)c1c(OC)[nH]cc(Br)c1=O. The fourth-order valence-electron chi connectivity index (χ4n) is 0.938. The van der Waals surface area contributed by atoms with Gasteiger partial charge in [0.2, 0.25) is 11.3 Å². The molecule has 0 spiro atoms. The van der Waals surface area contributed by atoms with Crippen LogP contribution in [0, 0.1) is 0 Å². The molecular weight excluding hydrogens is 254 g/mol. The fourth-order valence-corrected chi connectivity index (χ4v) is 1.25. The van der Waals surface area contributed by atoms with Gasteiger partial charge in [-0.25, -0.2) is 4.79 Å². The summed E-state index contributed by atoms with van der Waals surface area (Å²) in [5.41, 5.74) is -0.614. The van der Waals surface area contributed by atoms with Crippen LogP contribution in [0.2, 0.25) is 0 Å². The van der Waals surface area contributed by atoms with Crippen molar-refractivity contribution in [2.75, 3.05) is 14.2 Å². The normalized spacial score (nSPS) is 9.64. The molecule has 76 valence electrons. The molecule has 0 aliphatic carbocycles. The first-order chi connectivity index (χ1) is 6.61. The van der Waals surface area contributed by atoms with E-state index < -0.39 is 11.4 Å². The Labute approximate surface area is 88.2 Å². The van der Waals surface area contributed by atoms with E-state index in [1.165, 1.54) is 20.4 Å². The van der Waals surface area contributed by atoms with E-state index in [1.807, 2.05) is 0 Å². The van der Waals surface area contributed by atoms with Crippen LogP contribution in [0.3, 0.4) is 0 Å². The quantitative estimate of drug-likeness (QED) is 0.805. The van der Waals surface area contributed by atoms with E-state index >= 15 is 0 Å². The van der Waals surface area contributed by atoms with Crippen molar-refractivity contribution in [2.45, 2.75) is 0 Å². The van der Waals surface area contributed by atoms with E-state index in [9.17, 15) is 9.59 Å². The molecule has 0 unspecified atom stereocenters. The number of carbonyl (C=O) groups is 1. The van der Waals surface area contributed by atoms with Crippen molar-refractivity contribution in [1.82, 2.24) is 4.98 Å². The smallest absolute Gasteiger partial charge is 0.347 e. The van der Waals surface area contributed by atoms with Crippen molar-refractivity contribution in [3.05, 3.63) is 26.5 Å². The number of hydrogen-bond donors (Lipinski definition) is 1. The van der Waals surface area contributed by atoms with Gasteiger partial charge in [-0.3, -0.25) is 4.79 Å². The maximum atomic E-state index is 11.5. The van der Waals surface area contributed by atoms with Crippen LogP contribution < -0.4 is 10.2 Å². The molecule has 1 aromatic rings. The first kappa shape index (κ1) is 10.8. The molecule has 0 saturated carbocycles. The first-order valence-electron chi connectivity index (χ1n) is 3.65. The van der Waals surface area contributed by atoms with Crippen LogP contribution >= 0.6 is 15.9 Å². The average molecular weight is 262 g/mol. The lowest BCUT2D eigenvalue weighted by Crippen LogP contribution is -2.19. The lowest BCUT2D eigenvalue weighted by Gasteiger charge is -2.05. The monoisotopic (exact) mass is 261 g/mol. The highest BCUT2D eigenvalue weighted by Crippen LogP contribution is 2.14. The minimum atomic E-state index is -0.732. The second kappa shape index (κ2) is 4.28. The number of hydrogen-bond acceptors (Lipinski definition) is 4. The molecule has 0 bridgehead atoms. The second-order valence-electron chi connectivity index (χ2n) is 2.37. The topological polar surface area (TPSA) is 68.4 Å². The van der Waals surface area contributed by atoms with Crippen molar-refractivity contribution in [3.8, 4) is 5.88 Å². The zero-order valence-corrected chi connectivity index (χ0v) is 9.17. The molecule has 0 amide bonds. The van der Waals surface area contributed by atoms with Gasteiger partial charge in [0.05, 0.1) is 18.7 Å². The molecule has 6 heteroatoms. The Kier molecular flexibility index (Phi) is 3.29. The number of halogens is 1. The summed E-state index contributed by atoms with van der Waals surface area (Å²) >= 11 is 3.00. The van der Waals surface area contributed by atoms with Crippen LogP contribution in [0.25, 0.3) is 0 Å². The Hall–Kier alpha value is -1.30. The maximum Gasteiger partial charge on any atom is 0.347 e.